The molecule has 0 radical (unpaired) electrons. The van der Waals surface area contributed by atoms with Gasteiger partial charge >= 0.3 is 12.1 Å². The largest absolute Gasteiger partial charge is 0.468 e. The highest BCUT2D eigenvalue weighted by atomic mass is 79.9. The standard InChI is InChI=1S/C23H16BrClF3N3O4S/c1-35-22(34)19-18(11-3-2-4-13(24)7-11)14(9-29)21(31-20(19)33)36-10-17(32)30-16-8-12(23(26,27)28)5-6-15(16)25/h2-8,18-19H,10H2,1H3,(H,30,32)(H,31,33)/t18-,19+/m0/s1. The molecule has 0 fully saturated rings. The monoisotopic (exact) mass is 601 g/mol. The Hall–Kier alpha value is -3.01. The second-order valence-corrected chi connectivity index (χ2v) is 9.72. The highest BCUT2D eigenvalue weighted by Crippen LogP contribution is 2.41. The van der Waals surface area contributed by atoms with Gasteiger partial charge in [0.2, 0.25) is 11.8 Å². The average Bonchev–Trinajstić information content (AvgIpc) is 2.82. The number of rotatable bonds is 6. The Balaban J connectivity index is 1.88. The van der Waals surface area contributed by atoms with Crippen molar-refractivity contribution in [2.45, 2.75) is 12.1 Å². The third kappa shape index (κ3) is 6.21. The van der Waals surface area contributed by atoms with Crippen molar-refractivity contribution in [3.8, 4) is 6.07 Å². The van der Waals surface area contributed by atoms with E-state index < -0.39 is 41.4 Å². The quantitative estimate of drug-likeness (QED) is 0.346. The molecule has 188 valence electrons. The summed E-state index contributed by atoms with van der Waals surface area (Å²) in [6.45, 7) is 0. The molecule has 0 aliphatic carbocycles. The number of carbonyl (C=O) groups excluding carboxylic acids is 3. The first kappa shape index (κ1) is 27.6. The van der Waals surface area contributed by atoms with E-state index in [0.717, 1.165) is 31.0 Å². The molecule has 7 nitrogen and oxygen atoms in total. The maximum Gasteiger partial charge on any atom is 0.416 e. The molecule has 1 heterocycles. The number of allylic oxidation sites excluding steroid dienone is 1. The number of benzene rings is 2. The number of hydrogen-bond acceptors (Lipinski definition) is 6. The Morgan fingerprint density at radius 1 is 1.28 bits per heavy atom. The van der Waals surface area contributed by atoms with Gasteiger partial charge in [-0.2, -0.15) is 18.4 Å². The molecule has 1 aliphatic heterocycles. The van der Waals surface area contributed by atoms with Gasteiger partial charge in [-0.15, -0.1) is 0 Å². The summed E-state index contributed by atoms with van der Waals surface area (Å²) in [6.07, 6.45) is -4.63. The Morgan fingerprint density at radius 2 is 2.00 bits per heavy atom. The summed E-state index contributed by atoms with van der Waals surface area (Å²) in [5, 5.41) is 14.6. The SMILES string of the molecule is COC(=O)[C@H]1C(=O)NC(SCC(=O)Nc2cc(C(F)(F)F)ccc2Cl)=C(C#N)[C@@H]1c1cccc(Br)c1. The molecular weight excluding hydrogens is 587 g/mol. The average molecular weight is 603 g/mol. The normalized spacial score (nSPS) is 17.8. The number of anilines is 1. The smallest absolute Gasteiger partial charge is 0.416 e. The Labute approximate surface area is 221 Å². The third-order valence-electron chi connectivity index (χ3n) is 5.11. The second kappa shape index (κ2) is 11.4. The van der Waals surface area contributed by atoms with Crippen LogP contribution in [0.15, 0.2) is 57.5 Å². The van der Waals surface area contributed by atoms with Crippen LogP contribution < -0.4 is 10.6 Å². The summed E-state index contributed by atoms with van der Waals surface area (Å²) in [7, 11) is 1.12. The van der Waals surface area contributed by atoms with Gasteiger partial charge in [-0.25, -0.2) is 0 Å². The van der Waals surface area contributed by atoms with Gasteiger partial charge in [-0.1, -0.05) is 51.4 Å². The number of halogens is 5. The molecular formula is C23H16BrClF3N3O4S. The van der Waals surface area contributed by atoms with Crippen molar-refractivity contribution < 1.29 is 32.3 Å². The lowest BCUT2D eigenvalue weighted by Gasteiger charge is -2.31. The van der Waals surface area contributed by atoms with Crippen LogP contribution in [0.3, 0.4) is 0 Å². The van der Waals surface area contributed by atoms with Gasteiger partial charge in [-0.05, 0) is 35.9 Å². The Morgan fingerprint density at radius 3 is 2.61 bits per heavy atom. The number of nitriles is 1. The minimum absolute atomic E-state index is 0.0259. The van der Waals surface area contributed by atoms with Crippen molar-refractivity contribution in [3.63, 3.8) is 0 Å². The number of nitrogens with one attached hydrogen (secondary N) is 2. The number of amides is 2. The van der Waals surface area contributed by atoms with Gasteiger partial charge in [0.05, 0.1) is 45.8 Å². The van der Waals surface area contributed by atoms with Gasteiger partial charge in [-0.3, -0.25) is 14.4 Å². The fourth-order valence-corrected chi connectivity index (χ4v) is 4.93. The van der Waals surface area contributed by atoms with Crippen LogP contribution in [-0.2, 0) is 25.3 Å². The van der Waals surface area contributed by atoms with E-state index in [4.69, 9.17) is 16.3 Å². The molecule has 0 spiro atoms. The molecule has 3 rings (SSSR count). The molecule has 2 N–H and O–H groups in total. The second-order valence-electron chi connectivity index (χ2n) is 7.41. The number of alkyl halides is 3. The molecule has 0 aromatic heterocycles. The van der Waals surface area contributed by atoms with Gasteiger partial charge < -0.3 is 15.4 Å². The first-order valence-electron chi connectivity index (χ1n) is 10.0. The lowest BCUT2D eigenvalue weighted by atomic mass is 9.78. The lowest BCUT2D eigenvalue weighted by Crippen LogP contribution is -2.44. The summed E-state index contributed by atoms with van der Waals surface area (Å²) in [5.74, 6) is -5.00. The zero-order chi connectivity index (χ0) is 26.6. The molecule has 0 saturated heterocycles. The lowest BCUT2D eigenvalue weighted by molar-refractivity contribution is -0.150. The van der Waals surface area contributed by atoms with Crippen molar-refractivity contribution in [3.05, 3.63) is 73.7 Å². The summed E-state index contributed by atoms with van der Waals surface area (Å²) < 4.78 is 44.4. The Bertz CT molecular complexity index is 1300. The predicted octanol–water partition coefficient (Wildman–Crippen LogP) is 5.23. The highest BCUT2D eigenvalue weighted by Gasteiger charge is 2.44. The van der Waals surface area contributed by atoms with E-state index in [2.05, 4.69) is 26.6 Å². The van der Waals surface area contributed by atoms with Crippen LogP contribution in [0.4, 0.5) is 18.9 Å². The van der Waals surface area contributed by atoms with E-state index in [0.29, 0.717) is 16.1 Å². The van der Waals surface area contributed by atoms with Crippen LogP contribution in [0.25, 0.3) is 0 Å². The van der Waals surface area contributed by atoms with E-state index in [9.17, 15) is 32.8 Å². The van der Waals surface area contributed by atoms with Crippen LogP contribution in [0.1, 0.15) is 17.0 Å². The minimum Gasteiger partial charge on any atom is -0.468 e. The number of nitrogens with zero attached hydrogens (tertiary/aromatic N) is 1. The zero-order valence-corrected chi connectivity index (χ0v) is 21.4. The fourth-order valence-electron chi connectivity index (χ4n) is 3.50. The predicted molar refractivity (Wildman–Crippen MR) is 131 cm³/mol. The van der Waals surface area contributed by atoms with Gasteiger partial charge in [0.1, 0.15) is 5.92 Å². The number of thioether (sulfide) groups is 1. The highest BCUT2D eigenvalue weighted by molar-refractivity contribution is 9.10. The first-order valence-corrected chi connectivity index (χ1v) is 12.2. The van der Waals surface area contributed by atoms with E-state index in [1.165, 1.54) is 0 Å². The molecule has 2 aromatic rings. The van der Waals surface area contributed by atoms with Crippen LogP contribution in [0.5, 0.6) is 0 Å². The van der Waals surface area contributed by atoms with E-state index in [-0.39, 0.29) is 27.1 Å². The zero-order valence-electron chi connectivity index (χ0n) is 18.3. The van der Waals surface area contributed by atoms with E-state index >= 15 is 0 Å². The molecule has 2 amide bonds. The maximum absolute atomic E-state index is 13.0. The fraction of sp³-hybridized carbons (Fsp3) is 0.217. The van der Waals surface area contributed by atoms with Gasteiger partial charge in [0, 0.05) is 10.4 Å². The molecule has 36 heavy (non-hydrogen) atoms. The molecule has 1 aliphatic rings. The minimum atomic E-state index is -4.63. The Kier molecular flexibility index (Phi) is 8.71. The number of hydrogen-bond donors (Lipinski definition) is 2. The summed E-state index contributed by atoms with van der Waals surface area (Å²) in [4.78, 5) is 37.8. The summed E-state index contributed by atoms with van der Waals surface area (Å²) >= 11 is 10.0. The van der Waals surface area contributed by atoms with Crippen LogP contribution in [0.2, 0.25) is 5.02 Å². The topological polar surface area (TPSA) is 108 Å². The van der Waals surface area contributed by atoms with Crippen molar-refractivity contribution in [2.24, 2.45) is 5.92 Å². The van der Waals surface area contributed by atoms with Crippen molar-refractivity contribution in [1.29, 1.82) is 5.26 Å². The van der Waals surface area contributed by atoms with Crippen LogP contribution in [0, 0.1) is 17.2 Å². The molecule has 0 bridgehead atoms. The molecule has 13 heteroatoms. The van der Waals surface area contributed by atoms with Gasteiger partial charge in [0.15, 0.2) is 0 Å². The third-order valence-corrected chi connectivity index (χ3v) is 6.95. The number of methoxy groups -OCH3 is 1. The van der Waals surface area contributed by atoms with Crippen molar-refractivity contribution in [1.82, 2.24) is 5.32 Å². The number of carbonyl (C=O) groups is 3. The van der Waals surface area contributed by atoms with Gasteiger partial charge in [0.25, 0.3) is 0 Å². The molecule has 2 aromatic carbocycles. The van der Waals surface area contributed by atoms with Crippen molar-refractivity contribution >= 4 is 62.8 Å². The maximum atomic E-state index is 13.0. The van der Waals surface area contributed by atoms with E-state index in [1.54, 1.807) is 24.3 Å². The van der Waals surface area contributed by atoms with Crippen molar-refractivity contribution in [2.75, 3.05) is 18.2 Å². The van der Waals surface area contributed by atoms with Crippen LogP contribution >= 0.6 is 39.3 Å². The summed E-state index contributed by atoms with van der Waals surface area (Å²) in [6, 6.07) is 11.2. The van der Waals surface area contributed by atoms with E-state index in [1.807, 2.05) is 6.07 Å². The number of ether oxygens (including phenoxy) is 1. The van der Waals surface area contributed by atoms with Crippen LogP contribution in [-0.4, -0.2) is 30.6 Å². The molecule has 2 atom stereocenters. The first-order chi connectivity index (χ1) is 17.0. The molecule has 0 saturated carbocycles. The number of esters is 1. The summed E-state index contributed by atoms with van der Waals surface area (Å²) in [5.41, 5.74) is -0.714. The molecule has 0 unspecified atom stereocenters.